The molecule has 1 amide bonds. The van der Waals surface area contributed by atoms with Crippen molar-refractivity contribution >= 4 is 17.2 Å². The second-order valence-corrected chi connectivity index (χ2v) is 6.31. The predicted molar refractivity (Wildman–Crippen MR) is 79.4 cm³/mol. The number of amides is 1. The summed E-state index contributed by atoms with van der Waals surface area (Å²) in [5.74, 6) is -0.192. The number of rotatable bonds is 3. The molecule has 1 aliphatic carbocycles. The molecule has 3 rings (SSSR count). The average Bonchev–Trinajstić information content (AvgIpc) is 3.05. The van der Waals surface area contributed by atoms with Gasteiger partial charge in [0.05, 0.1) is 30.9 Å². The summed E-state index contributed by atoms with van der Waals surface area (Å²) >= 11 is 1.40. The molecule has 0 bridgehead atoms. The van der Waals surface area contributed by atoms with Gasteiger partial charge in [0.15, 0.2) is 0 Å². The summed E-state index contributed by atoms with van der Waals surface area (Å²) < 4.78 is 5.37. The topological polar surface area (TPSA) is 74.7 Å². The Balaban J connectivity index is 1.61. The Kier molecular flexibility index (Phi) is 4.84. The molecule has 1 aromatic rings. The maximum Gasteiger partial charge on any atom is 0.271 e. The molecule has 1 aliphatic heterocycles. The Bertz CT molecular complexity index is 462. The molecule has 1 saturated carbocycles. The van der Waals surface area contributed by atoms with Crippen molar-refractivity contribution in [2.45, 2.75) is 37.5 Å². The third-order valence-corrected chi connectivity index (χ3v) is 4.90. The van der Waals surface area contributed by atoms with Crippen molar-refractivity contribution in [2.75, 3.05) is 26.3 Å². The van der Waals surface area contributed by atoms with Crippen molar-refractivity contribution < 1.29 is 14.6 Å². The number of nitrogens with zero attached hydrogens (tertiary/aromatic N) is 2. The average molecular weight is 311 g/mol. The molecule has 1 saturated heterocycles. The lowest BCUT2D eigenvalue weighted by molar-refractivity contribution is -0.0459. The zero-order valence-electron chi connectivity index (χ0n) is 11.9. The van der Waals surface area contributed by atoms with Crippen molar-refractivity contribution in [1.29, 1.82) is 0 Å². The van der Waals surface area contributed by atoms with Crippen molar-refractivity contribution in [1.82, 2.24) is 15.2 Å². The van der Waals surface area contributed by atoms with Crippen LogP contribution in [-0.2, 0) is 4.74 Å². The molecule has 6 nitrogen and oxygen atoms in total. The number of hydrogen-bond donors (Lipinski definition) is 2. The third kappa shape index (κ3) is 3.42. The summed E-state index contributed by atoms with van der Waals surface area (Å²) in [6.07, 6.45) is 2.28. The van der Waals surface area contributed by atoms with Gasteiger partial charge in [0, 0.05) is 24.5 Å². The van der Waals surface area contributed by atoms with Crippen molar-refractivity contribution in [3.05, 3.63) is 16.6 Å². The van der Waals surface area contributed by atoms with E-state index in [0.717, 1.165) is 45.6 Å². The minimum Gasteiger partial charge on any atom is -0.389 e. The van der Waals surface area contributed by atoms with E-state index in [4.69, 9.17) is 4.74 Å². The third-order valence-electron chi connectivity index (χ3n) is 4.32. The zero-order valence-corrected chi connectivity index (χ0v) is 12.7. The number of thiazole rings is 1. The van der Waals surface area contributed by atoms with Gasteiger partial charge in [-0.3, -0.25) is 9.69 Å². The van der Waals surface area contributed by atoms with Crippen LogP contribution < -0.4 is 5.32 Å². The van der Waals surface area contributed by atoms with Gasteiger partial charge in [-0.2, -0.15) is 0 Å². The van der Waals surface area contributed by atoms with Crippen LogP contribution >= 0.6 is 11.3 Å². The predicted octanol–water partition coefficient (Wildman–Crippen LogP) is 0.487. The van der Waals surface area contributed by atoms with Crippen LogP contribution in [0.2, 0.25) is 0 Å². The van der Waals surface area contributed by atoms with E-state index in [1.54, 1.807) is 10.9 Å². The maximum atomic E-state index is 12.1. The molecule has 0 aromatic carbocycles. The summed E-state index contributed by atoms with van der Waals surface area (Å²) in [6.45, 7) is 3.15. The van der Waals surface area contributed by atoms with Gasteiger partial charge in [0.25, 0.3) is 5.91 Å². The van der Waals surface area contributed by atoms with Crippen molar-refractivity contribution in [3.63, 3.8) is 0 Å². The van der Waals surface area contributed by atoms with Gasteiger partial charge in [0.2, 0.25) is 0 Å². The lowest BCUT2D eigenvalue weighted by Gasteiger charge is -2.42. The lowest BCUT2D eigenvalue weighted by atomic mass is 9.86. The summed E-state index contributed by atoms with van der Waals surface area (Å²) in [5, 5.41) is 15.3. The standard InChI is InChI=1S/C14H21N3O3S/c18-13-10(16-14(19)11-8-21-9-15-11)2-1-3-12(13)17-4-6-20-7-5-17/h8-10,12-13,18H,1-7H2,(H,16,19)/t10-,12-,13-/m1/s1. The molecule has 3 atom stereocenters. The minimum atomic E-state index is -0.528. The molecule has 7 heteroatoms. The van der Waals surface area contributed by atoms with Crippen LogP contribution in [0.5, 0.6) is 0 Å². The number of nitrogens with one attached hydrogen (secondary N) is 1. The normalized spacial score (nSPS) is 31.0. The van der Waals surface area contributed by atoms with Gasteiger partial charge in [0.1, 0.15) is 5.69 Å². The molecule has 116 valence electrons. The van der Waals surface area contributed by atoms with Gasteiger partial charge in [-0.15, -0.1) is 11.3 Å². The molecule has 2 N–H and O–H groups in total. The monoisotopic (exact) mass is 311 g/mol. The fraction of sp³-hybridized carbons (Fsp3) is 0.714. The number of hydrogen-bond acceptors (Lipinski definition) is 6. The van der Waals surface area contributed by atoms with Crippen LogP contribution in [0, 0.1) is 0 Å². The first-order chi connectivity index (χ1) is 10.3. The second kappa shape index (κ2) is 6.83. The molecule has 0 spiro atoms. The first-order valence-corrected chi connectivity index (χ1v) is 8.39. The highest BCUT2D eigenvalue weighted by Gasteiger charge is 2.36. The van der Waals surface area contributed by atoms with Gasteiger partial charge in [-0.1, -0.05) is 0 Å². The zero-order chi connectivity index (χ0) is 14.7. The van der Waals surface area contributed by atoms with Gasteiger partial charge < -0.3 is 15.2 Å². The van der Waals surface area contributed by atoms with Gasteiger partial charge >= 0.3 is 0 Å². The van der Waals surface area contributed by atoms with Gasteiger partial charge in [-0.05, 0) is 19.3 Å². The largest absolute Gasteiger partial charge is 0.389 e. The Morgan fingerprint density at radius 2 is 2.24 bits per heavy atom. The van der Waals surface area contributed by atoms with E-state index in [2.05, 4.69) is 15.2 Å². The van der Waals surface area contributed by atoms with Crippen molar-refractivity contribution in [2.24, 2.45) is 0 Å². The highest BCUT2D eigenvalue weighted by molar-refractivity contribution is 7.07. The number of aliphatic hydroxyl groups is 1. The summed E-state index contributed by atoms with van der Waals surface area (Å²) in [4.78, 5) is 18.4. The quantitative estimate of drug-likeness (QED) is 0.850. The van der Waals surface area contributed by atoms with E-state index < -0.39 is 6.10 Å². The molecule has 21 heavy (non-hydrogen) atoms. The fourth-order valence-electron chi connectivity index (χ4n) is 3.19. The first kappa shape index (κ1) is 14.9. The molecular weight excluding hydrogens is 290 g/mol. The summed E-state index contributed by atoms with van der Waals surface area (Å²) in [5.41, 5.74) is 2.07. The Morgan fingerprint density at radius 1 is 1.43 bits per heavy atom. The number of carbonyl (C=O) groups is 1. The van der Waals surface area contributed by atoms with Crippen LogP contribution in [0.1, 0.15) is 29.8 Å². The second-order valence-electron chi connectivity index (χ2n) is 5.59. The first-order valence-electron chi connectivity index (χ1n) is 7.44. The number of morpholine rings is 1. The fourth-order valence-corrected chi connectivity index (χ4v) is 3.72. The number of ether oxygens (including phenoxy) is 1. The number of aromatic nitrogens is 1. The van der Waals surface area contributed by atoms with E-state index >= 15 is 0 Å². The Hall–Kier alpha value is -1.02. The molecule has 0 radical (unpaired) electrons. The van der Waals surface area contributed by atoms with Crippen LogP contribution in [0.25, 0.3) is 0 Å². The van der Waals surface area contributed by atoms with Crippen molar-refractivity contribution in [3.8, 4) is 0 Å². The Morgan fingerprint density at radius 3 is 2.95 bits per heavy atom. The highest BCUT2D eigenvalue weighted by Crippen LogP contribution is 2.24. The van der Waals surface area contributed by atoms with E-state index in [-0.39, 0.29) is 18.0 Å². The van der Waals surface area contributed by atoms with Crippen LogP contribution in [0.3, 0.4) is 0 Å². The van der Waals surface area contributed by atoms with E-state index in [9.17, 15) is 9.90 Å². The van der Waals surface area contributed by atoms with Crippen LogP contribution in [0.4, 0.5) is 0 Å². The summed E-state index contributed by atoms with van der Waals surface area (Å²) in [7, 11) is 0. The summed E-state index contributed by atoms with van der Waals surface area (Å²) in [6, 6.07) is -0.0795. The van der Waals surface area contributed by atoms with E-state index in [1.165, 1.54) is 11.3 Å². The molecule has 2 aliphatic rings. The van der Waals surface area contributed by atoms with Gasteiger partial charge in [-0.25, -0.2) is 4.98 Å². The smallest absolute Gasteiger partial charge is 0.271 e. The lowest BCUT2D eigenvalue weighted by Crippen LogP contribution is -2.58. The maximum absolute atomic E-state index is 12.1. The molecule has 2 fully saturated rings. The molecular formula is C14H21N3O3S. The SMILES string of the molecule is O=C(N[C@@H]1CCC[C@@H](N2CCOCC2)[C@@H]1O)c1cscn1. The number of carbonyl (C=O) groups excluding carboxylic acids is 1. The van der Waals surface area contributed by atoms with Crippen LogP contribution in [0.15, 0.2) is 10.9 Å². The van der Waals surface area contributed by atoms with E-state index in [1.807, 2.05) is 0 Å². The van der Waals surface area contributed by atoms with E-state index in [0.29, 0.717) is 5.69 Å². The molecule has 1 aromatic heterocycles. The Labute approximate surface area is 128 Å². The minimum absolute atomic E-state index is 0.114. The van der Waals surface area contributed by atoms with Crippen LogP contribution in [-0.4, -0.2) is 65.4 Å². The highest BCUT2D eigenvalue weighted by atomic mass is 32.1. The molecule has 2 heterocycles. The molecule has 0 unspecified atom stereocenters. The number of aliphatic hydroxyl groups excluding tert-OH is 1.